The summed E-state index contributed by atoms with van der Waals surface area (Å²) in [7, 11) is 0. The van der Waals surface area contributed by atoms with Gasteiger partial charge < -0.3 is 11.1 Å². The van der Waals surface area contributed by atoms with Crippen LogP contribution in [0.2, 0.25) is 0 Å². The molecule has 110 valence electrons. The fourth-order valence-electron chi connectivity index (χ4n) is 2.31. The number of hydrogen-bond donors (Lipinski definition) is 2. The summed E-state index contributed by atoms with van der Waals surface area (Å²) in [6, 6.07) is 6.07. The second-order valence-electron chi connectivity index (χ2n) is 5.36. The van der Waals surface area contributed by atoms with Crippen LogP contribution < -0.4 is 11.1 Å². The topological polar surface area (TPSA) is 63.3 Å². The summed E-state index contributed by atoms with van der Waals surface area (Å²) < 4.78 is 0. The Hall–Kier alpha value is -1.11. The summed E-state index contributed by atoms with van der Waals surface area (Å²) in [5.74, 6) is 0.491. The zero-order valence-electron chi connectivity index (χ0n) is 11.9. The summed E-state index contributed by atoms with van der Waals surface area (Å²) in [6.07, 6.45) is 5.37. The van der Waals surface area contributed by atoms with Crippen molar-refractivity contribution in [2.24, 2.45) is 10.7 Å². The minimum atomic E-state index is 0. The SMILES string of the molecule is C=C(C)CNC(N)=NCC1(c2ccccn2)CCC1.I. The van der Waals surface area contributed by atoms with Crippen molar-refractivity contribution in [1.82, 2.24) is 10.3 Å². The van der Waals surface area contributed by atoms with Crippen LogP contribution >= 0.6 is 24.0 Å². The normalized spacial score (nSPS) is 16.8. The third kappa shape index (κ3) is 4.19. The molecule has 4 nitrogen and oxygen atoms in total. The molecule has 0 unspecified atom stereocenters. The van der Waals surface area contributed by atoms with Gasteiger partial charge >= 0.3 is 0 Å². The van der Waals surface area contributed by atoms with Gasteiger partial charge in [-0.25, -0.2) is 0 Å². The molecule has 20 heavy (non-hydrogen) atoms. The van der Waals surface area contributed by atoms with Crippen LogP contribution in [0.15, 0.2) is 41.5 Å². The molecule has 1 aromatic rings. The van der Waals surface area contributed by atoms with Crippen molar-refractivity contribution in [1.29, 1.82) is 0 Å². The van der Waals surface area contributed by atoms with Crippen molar-refractivity contribution in [3.8, 4) is 0 Å². The average molecular weight is 386 g/mol. The predicted molar refractivity (Wildman–Crippen MR) is 94.5 cm³/mol. The lowest BCUT2D eigenvalue weighted by Gasteiger charge is -2.40. The van der Waals surface area contributed by atoms with E-state index in [0.717, 1.165) is 24.1 Å². The van der Waals surface area contributed by atoms with Gasteiger partial charge in [0.2, 0.25) is 0 Å². The van der Waals surface area contributed by atoms with Gasteiger partial charge in [0.1, 0.15) is 0 Å². The molecule has 2 rings (SSSR count). The molecule has 0 aromatic carbocycles. The minimum absolute atomic E-state index is 0. The molecule has 1 fully saturated rings. The first-order chi connectivity index (χ1) is 9.12. The third-order valence-electron chi connectivity index (χ3n) is 3.64. The second-order valence-corrected chi connectivity index (χ2v) is 5.36. The highest BCUT2D eigenvalue weighted by molar-refractivity contribution is 14.0. The Morgan fingerprint density at radius 1 is 1.50 bits per heavy atom. The molecule has 1 heterocycles. The second kappa shape index (κ2) is 7.61. The maximum absolute atomic E-state index is 5.86. The molecule has 5 heteroatoms. The van der Waals surface area contributed by atoms with E-state index in [1.807, 2.05) is 25.3 Å². The number of aliphatic imine (C=N–C) groups is 1. The Morgan fingerprint density at radius 3 is 2.75 bits per heavy atom. The van der Waals surface area contributed by atoms with Crippen LogP contribution in [0.25, 0.3) is 0 Å². The van der Waals surface area contributed by atoms with E-state index in [2.05, 4.69) is 27.9 Å². The van der Waals surface area contributed by atoms with Gasteiger partial charge in [-0.15, -0.1) is 24.0 Å². The van der Waals surface area contributed by atoms with Crippen molar-refractivity contribution in [2.45, 2.75) is 31.6 Å². The number of pyridine rings is 1. The van der Waals surface area contributed by atoms with E-state index >= 15 is 0 Å². The summed E-state index contributed by atoms with van der Waals surface area (Å²) >= 11 is 0. The lowest BCUT2D eigenvalue weighted by molar-refractivity contribution is 0.246. The van der Waals surface area contributed by atoms with Crippen molar-refractivity contribution >= 4 is 29.9 Å². The molecule has 1 aromatic heterocycles. The molecule has 0 bridgehead atoms. The number of aromatic nitrogens is 1. The lowest BCUT2D eigenvalue weighted by atomic mass is 9.66. The average Bonchev–Trinajstić information content (AvgIpc) is 2.36. The van der Waals surface area contributed by atoms with Crippen LogP contribution in [0.1, 0.15) is 31.9 Å². The fraction of sp³-hybridized carbons (Fsp3) is 0.467. The van der Waals surface area contributed by atoms with Gasteiger partial charge in [0.15, 0.2) is 5.96 Å². The first kappa shape index (κ1) is 16.9. The Bertz CT molecular complexity index is 466. The number of nitrogens with one attached hydrogen (secondary N) is 1. The lowest BCUT2D eigenvalue weighted by Crippen LogP contribution is -2.40. The fourth-order valence-corrected chi connectivity index (χ4v) is 2.31. The molecule has 0 spiro atoms. The first-order valence-electron chi connectivity index (χ1n) is 6.72. The van der Waals surface area contributed by atoms with E-state index in [9.17, 15) is 0 Å². The maximum Gasteiger partial charge on any atom is 0.188 e. The molecule has 0 aliphatic heterocycles. The summed E-state index contributed by atoms with van der Waals surface area (Å²) in [5.41, 5.74) is 8.14. The molecule has 1 aliphatic rings. The van der Waals surface area contributed by atoms with Gasteiger partial charge in [-0.2, -0.15) is 0 Å². The molecule has 0 radical (unpaired) electrons. The van der Waals surface area contributed by atoms with E-state index in [-0.39, 0.29) is 29.4 Å². The maximum atomic E-state index is 5.86. The van der Waals surface area contributed by atoms with E-state index in [1.54, 1.807) is 0 Å². The Morgan fingerprint density at radius 2 is 2.25 bits per heavy atom. The van der Waals surface area contributed by atoms with Crippen molar-refractivity contribution in [3.63, 3.8) is 0 Å². The number of hydrogen-bond acceptors (Lipinski definition) is 2. The molecule has 1 aliphatic carbocycles. The Labute approximate surface area is 138 Å². The molecular weight excluding hydrogens is 363 g/mol. The zero-order valence-corrected chi connectivity index (χ0v) is 14.3. The van der Waals surface area contributed by atoms with Crippen LogP contribution in [-0.4, -0.2) is 24.0 Å². The molecule has 3 N–H and O–H groups in total. The van der Waals surface area contributed by atoms with Crippen molar-refractivity contribution in [3.05, 3.63) is 42.2 Å². The number of rotatable bonds is 5. The van der Waals surface area contributed by atoms with Crippen molar-refractivity contribution < 1.29 is 0 Å². The zero-order chi connectivity index (χ0) is 13.7. The number of nitrogens with zero attached hydrogens (tertiary/aromatic N) is 2. The van der Waals surface area contributed by atoms with Crippen molar-refractivity contribution in [2.75, 3.05) is 13.1 Å². The quantitative estimate of drug-likeness (QED) is 0.354. The van der Waals surface area contributed by atoms with Gasteiger partial charge in [-0.3, -0.25) is 9.98 Å². The van der Waals surface area contributed by atoms with Gasteiger partial charge in [-0.1, -0.05) is 24.6 Å². The standard InChI is InChI=1S/C15H22N4.HI/c1-12(2)10-18-14(16)19-11-15(7-5-8-15)13-6-3-4-9-17-13;/h3-4,6,9H,1,5,7-8,10-11H2,2H3,(H3,16,18,19);1H. The smallest absolute Gasteiger partial charge is 0.188 e. The molecule has 0 amide bonds. The van der Waals surface area contributed by atoms with Gasteiger partial charge in [0, 0.05) is 23.9 Å². The first-order valence-corrected chi connectivity index (χ1v) is 6.72. The summed E-state index contributed by atoms with van der Waals surface area (Å²) in [4.78, 5) is 8.95. The molecular formula is C15H23IN4. The predicted octanol–water partition coefficient (Wildman–Crippen LogP) is 2.60. The Balaban J connectivity index is 0.00000200. The van der Waals surface area contributed by atoms with E-state index < -0.39 is 0 Å². The summed E-state index contributed by atoms with van der Waals surface area (Å²) in [6.45, 7) is 7.17. The number of guanidine groups is 1. The van der Waals surface area contributed by atoms with Crippen LogP contribution in [0.3, 0.4) is 0 Å². The highest BCUT2D eigenvalue weighted by atomic mass is 127. The highest BCUT2D eigenvalue weighted by Crippen LogP contribution is 2.42. The monoisotopic (exact) mass is 386 g/mol. The summed E-state index contributed by atoms with van der Waals surface area (Å²) in [5, 5.41) is 3.06. The van der Waals surface area contributed by atoms with E-state index in [4.69, 9.17) is 5.73 Å². The third-order valence-corrected chi connectivity index (χ3v) is 3.64. The largest absolute Gasteiger partial charge is 0.370 e. The number of nitrogens with two attached hydrogens (primary N) is 1. The van der Waals surface area contributed by atoms with Crippen LogP contribution in [0, 0.1) is 0 Å². The minimum Gasteiger partial charge on any atom is -0.370 e. The van der Waals surface area contributed by atoms with E-state index in [0.29, 0.717) is 19.0 Å². The molecule has 1 saturated carbocycles. The highest BCUT2D eigenvalue weighted by Gasteiger charge is 2.39. The van der Waals surface area contributed by atoms with Crippen LogP contribution in [-0.2, 0) is 5.41 Å². The van der Waals surface area contributed by atoms with Gasteiger partial charge in [-0.05, 0) is 31.9 Å². The van der Waals surface area contributed by atoms with Crippen LogP contribution in [0.5, 0.6) is 0 Å². The number of halogens is 1. The molecule has 0 saturated heterocycles. The van der Waals surface area contributed by atoms with Gasteiger partial charge in [0.25, 0.3) is 0 Å². The molecule has 0 atom stereocenters. The van der Waals surface area contributed by atoms with Crippen LogP contribution in [0.4, 0.5) is 0 Å². The van der Waals surface area contributed by atoms with Gasteiger partial charge in [0.05, 0.1) is 6.54 Å². The Kier molecular flexibility index (Phi) is 6.45. The van der Waals surface area contributed by atoms with E-state index in [1.165, 1.54) is 6.42 Å².